The minimum Gasteiger partial charge on any atom is -0.464 e. The van der Waals surface area contributed by atoms with Gasteiger partial charge in [0.15, 0.2) is 5.69 Å². The Morgan fingerprint density at radius 3 is 2.93 bits per heavy atom. The van der Waals surface area contributed by atoms with Crippen molar-refractivity contribution < 1.29 is 14.5 Å². The summed E-state index contributed by atoms with van der Waals surface area (Å²) in [6, 6.07) is 0. The fraction of sp³-hybridized carbons (Fsp3) is 0.429. The van der Waals surface area contributed by atoms with Crippen molar-refractivity contribution in [3.05, 3.63) is 27.6 Å². The van der Waals surface area contributed by atoms with E-state index in [2.05, 4.69) is 9.84 Å². The van der Waals surface area contributed by atoms with Crippen LogP contribution in [0.15, 0.2) is 6.20 Å². The van der Waals surface area contributed by atoms with Gasteiger partial charge >= 0.3 is 5.97 Å². The molecule has 1 aromatic heterocycles. The van der Waals surface area contributed by atoms with Crippen LogP contribution in [-0.2, 0) is 18.3 Å². The monoisotopic (exact) mass is 199 g/mol. The van der Waals surface area contributed by atoms with Gasteiger partial charge in [-0.3, -0.25) is 14.8 Å². The van der Waals surface area contributed by atoms with Gasteiger partial charge in [0.05, 0.1) is 12.7 Å². The highest BCUT2D eigenvalue weighted by atomic mass is 16.6. The number of esters is 1. The molecule has 0 bridgehead atoms. The van der Waals surface area contributed by atoms with Crippen molar-refractivity contribution in [3.8, 4) is 0 Å². The van der Waals surface area contributed by atoms with Crippen molar-refractivity contribution in [2.45, 2.75) is 6.54 Å². The first-order valence-electron chi connectivity index (χ1n) is 3.77. The number of carbonyl (C=O) groups excluding carboxylic acids is 1. The summed E-state index contributed by atoms with van der Waals surface area (Å²) >= 11 is 0. The van der Waals surface area contributed by atoms with Gasteiger partial charge in [0, 0.05) is 18.2 Å². The van der Waals surface area contributed by atoms with Crippen LogP contribution in [0.1, 0.15) is 16.1 Å². The molecule has 7 nitrogen and oxygen atoms in total. The van der Waals surface area contributed by atoms with Crippen LogP contribution in [0.4, 0.5) is 0 Å². The Bertz CT molecular complexity index is 371. The second-order valence-corrected chi connectivity index (χ2v) is 2.66. The molecular formula is C7H9N3O4. The summed E-state index contributed by atoms with van der Waals surface area (Å²) < 4.78 is 5.77. The van der Waals surface area contributed by atoms with Gasteiger partial charge in [-0.25, -0.2) is 4.79 Å². The summed E-state index contributed by atoms with van der Waals surface area (Å²) in [6.07, 6.45) is 1.43. The molecule has 0 amide bonds. The number of rotatable bonds is 3. The molecule has 0 aromatic carbocycles. The van der Waals surface area contributed by atoms with Gasteiger partial charge in [-0.15, -0.1) is 0 Å². The lowest BCUT2D eigenvalue weighted by Gasteiger charge is -1.95. The van der Waals surface area contributed by atoms with E-state index >= 15 is 0 Å². The first-order valence-corrected chi connectivity index (χ1v) is 3.77. The Morgan fingerprint density at radius 1 is 1.79 bits per heavy atom. The Balaban J connectivity index is 3.02. The number of nitro groups is 1. The number of ether oxygens (including phenoxy) is 1. The number of hydrogen-bond donors (Lipinski definition) is 0. The van der Waals surface area contributed by atoms with Crippen LogP contribution in [0.25, 0.3) is 0 Å². The molecule has 0 unspecified atom stereocenters. The Hall–Kier alpha value is -1.92. The Kier molecular flexibility index (Phi) is 2.80. The summed E-state index contributed by atoms with van der Waals surface area (Å²) in [5, 5.41) is 14.0. The van der Waals surface area contributed by atoms with Gasteiger partial charge in [0.25, 0.3) is 0 Å². The molecule has 0 spiro atoms. The molecule has 0 aliphatic rings. The third-order valence-electron chi connectivity index (χ3n) is 1.58. The molecule has 0 N–H and O–H groups in total. The van der Waals surface area contributed by atoms with Gasteiger partial charge < -0.3 is 4.74 Å². The molecule has 0 aliphatic carbocycles. The lowest BCUT2D eigenvalue weighted by molar-refractivity contribution is -0.496. The summed E-state index contributed by atoms with van der Waals surface area (Å²) in [5.74, 6) is -0.664. The molecule has 7 heteroatoms. The summed E-state index contributed by atoms with van der Waals surface area (Å²) in [6.45, 7) is -0.432. The zero-order chi connectivity index (χ0) is 10.7. The fourth-order valence-corrected chi connectivity index (χ4v) is 1.06. The molecule has 0 aliphatic heterocycles. The van der Waals surface area contributed by atoms with E-state index in [0.717, 1.165) is 0 Å². The van der Waals surface area contributed by atoms with E-state index in [1.54, 1.807) is 7.05 Å². The zero-order valence-corrected chi connectivity index (χ0v) is 7.76. The summed E-state index contributed by atoms with van der Waals surface area (Å²) in [4.78, 5) is 20.8. The molecule has 0 saturated heterocycles. The topological polar surface area (TPSA) is 87.3 Å². The molecule has 0 radical (unpaired) electrons. The first-order chi connectivity index (χ1) is 6.54. The summed E-state index contributed by atoms with van der Waals surface area (Å²) in [7, 11) is 2.78. The normalized spacial score (nSPS) is 9.86. The van der Waals surface area contributed by atoms with Crippen LogP contribution < -0.4 is 0 Å². The molecule has 76 valence electrons. The second-order valence-electron chi connectivity index (χ2n) is 2.66. The van der Waals surface area contributed by atoms with Crippen molar-refractivity contribution in [2.75, 3.05) is 7.11 Å². The number of methoxy groups -OCH3 is 1. The van der Waals surface area contributed by atoms with Gasteiger partial charge in [0.1, 0.15) is 0 Å². The van der Waals surface area contributed by atoms with Gasteiger partial charge in [-0.1, -0.05) is 0 Å². The predicted octanol–water partition coefficient (Wildman–Crippen LogP) is -0.0166. The van der Waals surface area contributed by atoms with Crippen molar-refractivity contribution >= 4 is 5.97 Å². The maximum Gasteiger partial charge on any atom is 0.359 e. The van der Waals surface area contributed by atoms with Crippen molar-refractivity contribution in [1.82, 2.24) is 9.78 Å². The maximum atomic E-state index is 11.1. The van der Waals surface area contributed by atoms with E-state index in [1.807, 2.05) is 0 Å². The molecule has 0 saturated carbocycles. The second kappa shape index (κ2) is 3.86. The minimum absolute atomic E-state index is 0.00769. The SMILES string of the molecule is COC(=O)c1nn(C)cc1C[N+](=O)[O-]. The van der Waals surface area contributed by atoms with Gasteiger partial charge in [0.2, 0.25) is 6.54 Å². The highest BCUT2D eigenvalue weighted by Crippen LogP contribution is 2.08. The largest absolute Gasteiger partial charge is 0.464 e. The van der Waals surface area contributed by atoms with E-state index < -0.39 is 17.4 Å². The number of aryl methyl sites for hydroxylation is 1. The minimum atomic E-state index is -0.664. The third kappa shape index (κ3) is 2.06. The van der Waals surface area contributed by atoms with Crippen molar-refractivity contribution in [3.63, 3.8) is 0 Å². The zero-order valence-electron chi connectivity index (χ0n) is 7.76. The molecule has 0 atom stereocenters. The first kappa shape index (κ1) is 10.2. The maximum absolute atomic E-state index is 11.1. The third-order valence-corrected chi connectivity index (χ3v) is 1.58. The standard InChI is InChI=1S/C7H9N3O4/c1-9-3-5(4-10(12)13)6(8-9)7(11)14-2/h3H,4H2,1-2H3. The highest BCUT2D eigenvalue weighted by Gasteiger charge is 2.19. The Labute approximate surface area is 79.4 Å². The molecule has 1 rings (SSSR count). The van der Waals surface area contributed by atoms with E-state index in [-0.39, 0.29) is 11.3 Å². The van der Waals surface area contributed by atoms with Gasteiger partial charge in [-0.05, 0) is 0 Å². The van der Waals surface area contributed by atoms with Crippen LogP contribution in [0, 0.1) is 10.1 Å². The lowest BCUT2D eigenvalue weighted by Crippen LogP contribution is -2.08. The van der Waals surface area contributed by atoms with E-state index in [0.29, 0.717) is 0 Å². The average molecular weight is 199 g/mol. The van der Waals surface area contributed by atoms with Crippen LogP contribution in [0.2, 0.25) is 0 Å². The molecule has 1 aromatic rings. The summed E-state index contributed by atoms with van der Waals surface area (Å²) in [5.41, 5.74) is 0.246. The van der Waals surface area contributed by atoms with Crippen molar-refractivity contribution in [2.24, 2.45) is 7.05 Å². The van der Waals surface area contributed by atoms with Crippen LogP contribution in [0.3, 0.4) is 0 Å². The molecule has 14 heavy (non-hydrogen) atoms. The molecular weight excluding hydrogens is 190 g/mol. The molecule has 0 fully saturated rings. The van der Waals surface area contributed by atoms with E-state index in [9.17, 15) is 14.9 Å². The smallest absolute Gasteiger partial charge is 0.359 e. The van der Waals surface area contributed by atoms with E-state index in [1.165, 1.54) is 18.0 Å². The predicted molar refractivity (Wildman–Crippen MR) is 45.2 cm³/mol. The number of nitrogens with zero attached hydrogens (tertiary/aromatic N) is 3. The number of hydrogen-bond acceptors (Lipinski definition) is 5. The molecule has 1 heterocycles. The van der Waals surface area contributed by atoms with Crippen LogP contribution in [-0.4, -0.2) is 27.8 Å². The number of carbonyl (C=O) groups is 1. The fourth-order valence-electron chi connectivity index (χ4n) is 1.06. The van der Waals surface area contributed by atoms with E-state index in [4.69, 9.17) is 0 Å². The number of aromatic nitrogens is 2. The average Bonchev–Trinajstić information content (AvgIpc) is 2.44. The van der Waals surface area contributed by atoms with Gasteiger partial charge in [-0.2, -0.15) is 5.10 Å². The lowest BCUT2D eigenvalue weighted by atomic mass is 10.2. The van der Waals surface area contributed by atoms with Crippen LogP contribution in [0.5, 0.6) is 0 Å². The van der Waals surface area contributed by atoms with Crippen LogP contribution >= 0.6 is 0 Å². The highest BCUT2D eigenvalue weighted by molar-refractivity contribution is 5.88. The Morgan fingerprint density at radius 2 is 2.43 bits per heavy atom. The quantitative estimate of drug-likeness (QED) is 0.388. The van der Waals surface area contributed by atoms with Crippen molar-refractivity contribution in [1.29, 1.82) is 0 Å².